The molecule has 0 aliphatic heterocycles. The van der Waals surface area contributed by atoms with Gasteiger partial charge in [-0.1, -0.05) is 6.92 Å². The summed E-state index contributed by atoms with van der Waals surface area (Å²) in [5.74, 6) is -1.03. The smallest absolute Gasteiger partial charge is 0.354 e. The van der Waals surface area contributed by atoms with Gasteiger partial charge in [0.2, 0.25) is 0 Å². The first-order valence-electron chi connectivity index (χ1n) is 3.63. The number of pyridine rings is 1. The van der Waals surface area contributed by atoms with E-state index in [0.717, 1.165) is 0 Å². The summed E-state index contributed by atoms with van der Waals surface area (Å²) in [5, 5.41) is 8.70. The Morgan fingerprint density at radius 3 is 2.83 bits per heavy atom. The first-order chi connectivity index (χ1) is 5.66. The molecule has 1 aromatic rings. The van der Waals surface area contributed by atoms with E-state index in [-0.39, 0.29) is 5.69 Å². The first-order valence-corrected chi connectivity index (χ1v) is 3.63. The van der Waals surface area contributed by atoms with Crippen molar-refractivity contribution in [2.75, 3.05) is 5.73 Å². The third-order valence-corrected chi connectivity index (χ3v) is 1.65. The van der Waals surface area contributed by atoms with Gasteiger partial charge in [-0.3, -0.25) is 0 Å². The van der Waals surface area contributed by atoms with E-state index in [9.17, 15) is 4.79 Å². The van der Waals surface area contributed by atoms with Gasteiger partial charge in [0.25, 0.3) is 0 Å². The molecule has 1 rings (SSSR count). The minimum atomic E-state index is -1.03. The van der Waals surface area contributed by atoms with Gasteiger partial charge >= 0.3 is 5.97 Å². The summed E-state index contributed by atoms with van der Waals surface area (Å²) in [5.41, 5.74) is 6.71. The fourth-order valence-electron chi connectivity index (χ4n) is 1.06. The quantitative estimate of drug-likeness (QED) is 0.685. The molecule has 0 aliphatic rings. The highest BCUT2D eigenvalue weighted by molar-refractivity contribution is 5.88. The number of nitrogen functional groups attached to an aromatic ring is 1. The van der Waals surface area contributed by atoms with Crippen molar-refractivity contribution in [1.82, 2.24) is 4.98 Å². The summed E-state index contributed by atoms with van der Waals surface area (Å²) in [6.45, 7) is 1.85. The predicted molar refractivity (Wildman–Crippen MR) is 45.0 cm³/mol. The van der Waals surface area contributed by atoms with Gasteiger partial charge < -0.3 is 10.8 Å². The van der Waals surface area contributed by atoms with Gasteiger partial charge in [0.1, 0.15) is 0 Å². The van der Waals surface area contributed by atoms with E-state index in [1.807, 2.05) is 6.92 Å². The van der Waals surface area contributed by atoms with Gasteiger partial charge in [-0.2, -0.15) is 0 Å². The summed E-state index contributed by atoms with van der Waals surface area (Å²) in [4.78, 5) is 14.3. The second-order valence-corrected chi connectivity index (χ2v) is 2.39. The average Bonchev–Trinajstić information content (AvgIpc) is 2.03. The SMILES string of the molecule is CCc1c(N)ccnc1C(=O)O. The summed E-state index contributed by atoms with van der Waals surface area (Å²) in [7, 11) is 0. The van der Waals surface area contributed by atoms with Crippen LogP contribution in [0.15, 0.2) is 12.3 Å². The number of nitrogens with two attached hydrogens (primary N) is 1. The van der Waals surface area contributed by atoms with Gasteiger partial charge in [0.05, 0.1) is 0 Å². The van der Waals surface area contributed by atoms with Crippen molar-refractivity contribution < 1.29 is 9.90 Å². The molecule has 0 saturated carbocycles. The lowest BCUT2D eigenvalue weighted by atomic mass is 10.1. The number of hydrogen-bond donors (Lipinski definition) is 2. The minimum Gasteiger partial charge on any atom is -0.477 e. The Morgan fingerprint density at radius 1 is 1.75 bits per heavy atom. The predicted octanol–water partition coefficient (Wildman–Crippen LogP) is 0.924. The molecule has 0 fully saturated rings. The second-order valence-electron chi connectivity index (χ2n) is 2.39. The minimum absolute atomic E-state index is 0.0532. The van der Waals surface area contributed by atoms with Crippen molar-refractivity contribution in [1.29, 1.82) is 0 Å². The van der Waals surface area contributed by atoms with Crippen LogP contribution in [0.25, 0.3) is 0 Å². The van der Waals surface area contributed by atoms with Crippen LogP contribution in [0.2, 0.25) is 0 Å². The lowest BCUT2D eigenvalue weighted by Gasteiger charge is -2.04. The number of anilines is 1. The fraction of sp³-hybridized carbons (Fsp3) is 0.250. The second kappa shape index (κ2) is 3.21. The van der Waals surface area contributed by atoms with Crippen LogP contribution < -0.4 is 5.73 Å². The molecule has 0 saturated heterocycles. The van der Waals surface area contributed by atoms with E-state index in [1.165, 1.54) is 6.20 Å². The number of aromatic nitrogens is 1. The van der Waals surface area contributed by atoms with Crippen molar-refractivity contribution in [2.45, 2.75) is 13.3 Å². The number of carboxylic acid groups (broad SMARTS) is 1. The Labute approximate surface area is 70.0 Å². The third kappa shape index (κ3) is 1.37. The van der Waals surface area contributed by atoms with Crippen molar-refractivity contribution in [3.8, 4) is 0 Å². The van der Waals surface area contributed by atoms with Crippen LogP contribution >= 0.6 is 0 Å². The Morgan fingerprint density at radius 2 is 2.42 bits per heavy atom. The molecule has 0 aliphatic carbocycles. The Bertz CT molecular complexity index is 310. The van der Waals surface area contributed by atoms with E-state index in [2.05, 4.69) is 4.98 Å². The molecular weight excluding hydrogens is 156 g/mol. The van der Waals surface area contributed by atoms with Crippen LogP contribution in [0.4, 0.5) is 5.69 Å². The van der Waals surface area contributed by atoms with E-state index < -0.39 is 5.97 Å². The van der Waals surface area contributed by atoms with Crippen molar-refractivity contribution in [3.05, 3.63) is 23.5 Å². The van der Waals surface area contributed by atoms with Crippen LogP contribution in [-0.4, -0.2) is 16.1 Å². The zero-order valence-corrected chi connectivity index (χ0v) is 6.74. The maximum Gasteiger partial charge on any atom is 0.354 e. The summed E-state index contributed by atoms with van der Waals surface area (Å²) in [6.07, 6.45) is 1.99. The van der Waals surface area contributed by atoms with Crippen LogP contribution in [0.1, 0.15) is 23.0 Å². The lowest BCUT2D eigenvalue weighted by molar-refractivity contribution is 0.0689. The van der Waals surface area contributed by atoms with Gasteiger partial charge in [-0.05, 0) is 12.5 Å². The van der Waals surface area contributed by atoms with Crippen LogP contribution in [-0.2, 0) is 6.42 Å². The van der Waals surface area contributed by atoms with Gasteiger partial charge in [0, 0.05) is 17.4 Å². The zero-order chi connectivity index (χ0) is 9.14. The van der Waals surface area contributed by atoms with Crippen molar-refractivity contribution in [3.63, 3.8) is 0 Å². The first kappa shape index (κ1) is 8.52. The highest BCUT2D eigenvalue weighted by Gasteiger charge is 2.11. The molecule has 4 heteroatoms. The van der Waals surface area contributed by atoms with E-state index >= 15 is 0 Å². The van der Waals surface area contributed by atoms with E-state index in [0.29, 0.717) is 17.7 Å². The number of rotatable bonds is 2. The maximum absolute atomic E-state index is 10.6. The molecule has 0 spiro atoms. The van der Waals surface area contributed by atoms with E-state index in [1.54, 1.807) is 6.07 Å². The highest BCUT2D eigenvalue weighted by atomic mass is 16.4. The highest BCUT2D eigenvalue weighted by Crippen LogP contribution is 2.14. The summed E-state index contributed by atoms with van der Waals surface area (Å²) in [6, 6.07) is 1.60. The van der Waals surface area contributed by atoms with Crippen molar-refractivity contribution >= 4 is 11.7 Å². The number of hydrogen-bond acceptors (Lipinski definition) is 3. The van der Waals surface area contributed by atoms with Gasteiger partial charge in [-0.25, -0.2) is 9.78 Å². The van der Waals surface area contributed by atoms with Gasteiger partial charge in [-0.15, -0.1) is 0 Å². The third-order valence-electron chi connectivity index (χ3n) is 1.65. The normalized spacial score (nSPS) is 9.75. The molecule has 0 unspecified atom stereocenters. The Kier molecular flexibility index (Phi) is 2.28. The number of carbonyl (C=O) groups is 1. The van der Waals surface area contributed by atoms with Crippen molar-refractivity contribution in [2.24, 2.45) is 0 Å². The monoisotopic (exact) mass is 166 g/mol. The zero-order valence-electron chi connectivity index (χ0n) is 6.74. The van der Waals surface area contributed by atoms with Gasteiger partial charge in [0.15, 0.2) is 5.69 Å². The fourth-order valence-corrected chi connectivity index (χ4v) is 1.06. The standard InChI is InChI=1S/C8H10N2O2/c1-2-5-6(9)3-4-10-7(5)8(11)12/h3-4H,2H2,1H3,(H2,9,10)(H,11,12). The molecule has 12 heavy (non-hydrogen) atoms. The maximum atomic E-state index is 10.6. The molecule has 0 radical (unpaired) electrons. The van der Waals surface area contributed by atoms with Crippen LogP contribution in [0.3, 0.4) is 0 Å². The lowest BCUT2D eigenvalue weighted by Crippen LogP contribution is -2.07. The Balaban J connectivity index is 3.27. The molecule has 0 amide bonds. The molecule has 3 N–H and O–H groups in total. The molecule has 64 valence electrons. The topological polar surface area (TPSA) is 76.2 Å². The molecule has 1 aromatic heterocycles. The average molecular weight is 166 g/mol. The number of carboxylic acids is 1. The Hall–Kier alpha value is -1.58. The number of nitrogens with zero attached hydrogens (tertiary/aromatic N) is 1. The number of aromatic carboxylic acids is 1. The summed E-state index contributed by atoms with van der Waals surface area (Å²) >= 11 is 0. The van der Waals surface area contributed by atoms with E-state index in [4.69, 9.17) is 10.8 Å². The molecule has 0 bridgehead atoms. The summed E-state index contributed by atoms with van der Waals surface area (Å²) < 4.78 is 0. The molecule has 4 nitrogen and oxygen atoms in total. The molecular formula is C8H10N2O2. The van der Waals surface area contributed by atoms with Crippen LogP contribution in [0, 0.1) is 0 Å². The largest absolute Gasteiger partial charge is 0.477 e. The molecule has 0 atom stereocenters. The molecule has 0 aromatic carbocycles. The van der Waals surface area contributed by atoms with Crippen LogP contribution in [0.5, 0.6) is 0 Å². The molecule has 1 heterocycles.